The van der Waals surface area contributed by atoms with E-state index in [-0.39, 0.29) is 0 Å². The molecule has 1 aromatic carbocycles. The fourth-order valence-electron chi connectivity index (χ4n) is 1.74. The molecule has 2 rings (SSSR count). The molecule has 0 N–H and O–H groups in total. The minimum atomic E-state index is 0.402. The van der Waals surface area contributed by atoms with Crippen LogP contribution in [0.4, 0.5) is 0 Å². The molecular weight excluding hydrogens is 283 g/mol. The van der Waals surface area contributed by atoms with Gasteiger partial charge in [-0.15, -0.1) is 0 Å². The van der Waals surface area contributed by atoms with Crippen molar-refractivity contribution >= 4 is 23.2 Å². The fourth-order valence-corrected chi connectivity index (χ4v) is 2.40. The molecule has 5 heteroatoms. The minimum Gasteiger partial charge on any atom is -0.494 e. The highest BCUT2D eigenvalue weighted by molar-refractivity contribution is 6.34. The largest absolute Gasteiger partial charge is 0.494 e. The molecule has 0 saturated carbocycles. The van der Waals surface area contributed by atoms with Crippen LogP contribution in [-0.4, -0.2) is 16.6 Å². The molecule has 0 fully saturated rings. The van der Waals surface area contributed by atoms with Crippen LogP contribution in [0.5, 0.6) is 5.75 Å². The zero-order valence-electron chi connectivity index (χ0n) is 10.8. The van der Waals surface area contributed by atoms with Gasteiger partial charge in [-0.05, 0) is 25.5 Å². The summed E-state index contributed by atoms with van der Waals surface area (Å²) in [5.74, 6) is 1.28. The first kappa shape index (κ1) is 14.1. The zero-order valence-corrected chi connectivity index (χ0v) is 12.3. The quantitative estimate of drug-likeness (QED) is 0.784. The number of rotatable bonds is 4. The fraction of sp³-hybridized carbons (Fsp3) is 0.286. The molecule has 19 heavy (non-hydrogen) atoms. The van der Waals surface area contributed by atoms with Crippen molar-refractivity contribution in [1.82, 2.24) is 9.97 Å². The topological polar surface area (TPSA) is 35.0 Å². The van der Waals surface area contributed by atoms with Gasteiger partial charge in [-0.1, -0.05) is 42.3 Å². The summed E-state index contributed by atoms with van der Waals surface area (Å²) in [6.45, 7) is 4.51. The standard InChI is InChI=1S/C14H14Cl2N2O/c1-3-11-12(15)17-14(18-13(11)16)9-6-5-7-10(8-9)19-4-2/h5-8H,3-4H2,1-2H3. The Kier molecular flexibility index (Phi) is 4.61. The molecule has 0 aliphatic rings. The Hall–Kier alpha value is -1.32. The number of halogens is 2. The maximum atomic E-state index is 6.12. The molecule has 0 bridgehead atoms. The molecular formula is C14H14Cl2N2O. The SMILES string of the molecule is CCOc1cccc(-c2nc(Cl)c(CC)c(Cl)n2)c1. The number of aromatic nitrogens is 2. The van der Waals surface area contributed by atoms with Crippen LogP contribution in [0.25, 0.3) is 11.4 Å². The maximum absolute atomic E-state index is 6.12. The van der Waals surface area contributed by atoms with Crippen LogP contribution in [0.2, 0.25) is 10.3 Å². The van der Waals surface area contributed by atoms with Crippen molar-refractivity contribution in [3.05, 3.63) is 40.1 Å². The molecule has 3 nitrogen and oxygen atoms in total. The summed E-state index contributed by atoms with van der Waals surface area (Å²) in [7, 11) is 0. The van der Waals surface area contributed by atoms with Crippen molar-refractivity contribution in [2.24, 2.45) is 0 Å². The Morgan fingerprint density at radius 3 is 2.37 bits per heavy atom. The second-order valence-electron chi connectivity index (χ2n) is 3.92. The van der Waals surface area contributed by atoms with Crippen molar-refractivity contribution in [2.45, 2.75) is 20.3 Å². The normalized spacial score (nSPS) is 10.5. The van der Waals surface area contributed by atoms with Crippen molar-refractivity contribution in [1.29, 1.82) is 0 Å². The van der Waals surface area contributed by atoms with Crippen LogP contribution in [-0.2, 0) is 6.42 Å². The lowest BCUT2D eigenvalue weighted by Gasteiger charge is -2.08. The van der Waals surface area contributed by atoms with E-state index in [1.807, 2.05) is 38.1 Å². The summed E-state index contributed by atoms with van der Waals surface area (Å²) < 4.78 is 5.45. The van der Waals surface area contributed by atoms with Gasteiger partial charge in [-0.25, -0.2) is 9.97 Å². The highest BCUT2D eigenvalue weighted by Crippen LogP contribution is 2.27. The number of hydrogen-bond acceptors (Lipinski definition) is 3. The average Bonchev–Trinajstić information content (AvgIpc) is 2.39. The predicted octanol–water partition coefficient (Wildman–Crippen LogP) is 4.41. The molecule has 0 saturated heterocycles. The predicted molar refractivity (Wildman–Crippen MR) is 78.0 cm³/mol. The number of hydrogen-bond donors (Lipinski definition) is 0. The van der Waals surface area contributed by atoms with Crippen LogP contribution in [0.15, 0.2) is 24.3 Å². The number of nitrogens with zero attached hydrogens (tertiary/aromatic N) is 2. The van der Waals surface area contributed by atoms with Gasteiger partial charge in [0.2, 0.25) is 0 Å². The monoisotopic (exact) mass is 296 g/mol. The zero-order chi connectivity index (χ0) is 13.8. The van der Waals surface area contributed by atoms with Crippen LogP contribution >= 0.6 is 23.2 Å². The second-order valence-corrected chi connectivity index (χ2v) is 4.64. The lowest BCUT2D eigenvalue weighted by atomic mass is 10.2. The number of ether oxygens (including phenoxy) is 1. The Bertz CT molecular complexity index is 564. The van der Waals surface area contributed by atoms with E-state index >= 15 is 0 Å². The highest BCUT2D eigenvalue weighted by atomic mass is 35.5. The van der Waals surface area contributed by atoms with E-state index < -0.39 is 0 Å². The third-order valence-corrected chi connectivity index (χ3v) is 3.29. The van der Waals surface area contributed by atoms with Gasteiger partial charge in [-0.3, -0.25) is 0 Å². The summed E-state index contributed by atoms with van der Waals surface area (Å²) in [5, 5.41) is 0.804. The van der Waals surface area contributed by atoms with E-state index in [1.54, 1.807) is 0 Å². The maximum Gasteiger partial charge on any atom is 0.162 e. The Morgan fingerprint density at radius 1 is 1.11 bits per heavy atom. The highest BCUT2D eigenvalue weighted by Gasteiger charge is 2.11. The molecule has 100 valence electrons. The smallest absolute Gasteiger partial charge is 0.162 e. The molecule has 0 aliphatic carbocycles. The van der Waals surface area contributed by atoms with Gasteiger partial charge in [0.25, 0.3) is 0 Å². The lowest BCUT2D eigenvalue weighted by Crippen LogP contribution is -1.97. The molecule has 2 aromatic rings. The average molecular weight is 297 g/mol. The molecule has 0 unspecified atom stereocenters. The van der Waals surface area contributed by atoms with Gasteiger partial charge in [0.05, 0.1) is 6.61 Å². The molecule has 0 aliphatic heterocycles. The van der Waals surface area contributed by atoms with Crippen LogP contribution in [0, 0.1) is 0 Å². The second kappa shape index (κ2) is 6.22. The first-order valence-electron chi connectivity index (χ1n) is 6.10. The van der Waals surface area contributed by atoms with Gasteiger partial charge >= 0.3 is 0 Å². The molecule has 0 radical (unpaired) electrons. The summed E-state index contributed by atoms with van der Waals surface area (Å²) in [6, 6.07) is 7.54. The van der Waals surface area contributed by atoms with Crippen molar-refractivity contribution in [3.8, 4) is 17.1 Å². The van der Waals surface area contributed by atoms with Crippen molar-refractivity contribution in [2.75, 3.05) is 6.61 Å². The van der Waals surface area contributed by atoms with Crippen LogP contribution in [0.3, 0.4) is 0 Å². The van der Waals surface area contributed by atoms with Gasteiger partial charge in [0.15, 0.2) is 5.82 Å². The van der Waals surface area contributed by atoms with Crippen molar-refractivity contribution < 1.29 is 4.74 Å². The number of benzene rings is 1. The van der Waals surface area contributed by atoms with E-state index in [1.165, 1.54) is 0 Å². The van der Waals surface area contributed by atoms with Gasteiger partial charge in [0, 0.05) is 11.1 Å². The summed E-state index contributed by atoms with van der Waals surface area (Å²) >= 11 is 12.2. The van der Waals surface area contributed by atoms with Crippen LogP contribution in [0.1, 0.15) is 19.4 Å². The van der Waals surface area contributed by atoms with Crippen molar-refractivity contribution in [3.63, 3.8) is 0 Å². The van der Waals surface area contributed by atoms with Gasteiger partial charge in [-0.2, -0.15) is 0 Å². The van der Waals surface area contributed by atoms with E-state index in [9.17, 15) is 0 Å². The lowest BCUT2D eigenvalue weighted by molar-refractivity contribution is 0.340. The molecule has 0 amide bonds. The molecule has 0 atom stereocenters. The third kappa shape index (κ3) is 3.17. The van der Waals surface area contributed by atoms with E-state index in [0.29, 0.717) is 29.2 Å². The van der Waals surface area contributed by atoms with Gasteiger partial charge in [0.1, 0.15) is 16.1 Å². The first-order valence-corrected chi connectivity index (χ1v) is 6.86. The molecule has 0 spiro atoms. The van der Waals surface area contributed by atoms with Crippen LogP contribution < -0.4 is 4.74 Å². The summed E-state index contributed by atoms with van der Waals surface area (Å²) in [5.41, 5.74) is 1.60. The first-order chi connectivity index (χ1) is 9.15. The van der Waals surface area contributed by atoms with E-state index in [0.717, 1.165) is 16.9 Å². The summed E-state index contributed by atoms with van der Waals surface area (Å²) in [4.78, 5) is 8.58. The summed E-state index contributed by atoms with van der Waals surface area (Å²) in [6.07, 6.45) is 0.705. The van der Waals surface area contributed by atoms with Gasteiger partial charge < -0.3 is 4.74 Å². The molecule has 1 aromatic heterocycles. The Balaban J connectivity index is 2.44. The van der Waals surface area contributed by atoms with E-state index in [2.05, 4.69) is 9.97 Å². The Morgan fingerprint density at radius 2 is 1.79 bits per heavy atom. The minimum absolute atomic E-state index is 0.402. The Labute approximate surface area is 122 Å². The van der Waals surface area contributed by atoms with E-state index in [4.69, 9.17) is 27.9 Å². The third-order valence-electron chi connectivity index (χ3n) is 2.66. The molecule has 1 heterocycles.